The van der Waals surface area contributed by atoms with Gasteiger partial charge in [0.25, 0.3) is 5.91 Å². The molecule has 23 heavy (non-hydrogen) atoms. The summed E-state index contributed by atoms with van der Waals surface area (Å²) in [6.45, 7) is 4.01. The number of carbonyl (C=O) groups is 1. The first-order valence-electron chi connectivity index (χ1n) is 7.40. The number of fused-ring (bicyclic) bond motifs is 1. The molecule has 2 atom stereocenters. The first kappa shape index (κ1) is 15.9. The Hall–Kier alpha value is -1.98. The van der Waals surface area contributed by atoms with Crippen molar-refractivity contribution in [1.29, 1.82) is 0 Å². The van der Waals surface area contributed by atoms with Crippen molar-refractivity contribution in [2.24, 2.45) is 0 Å². The van der Waals surface area contributed by atoms with Crippen LogP contribution >= 0.6 is 11.8 Å². The molecule has 0 aromatic heterocycles. The van der Waals surface area contributed by atoms with Crippen LogP contribution in [0.4, 0.5) is 5.69 Å². The van der Waals surface area contributed by atoms with Crippen molar-refractivity contribution >= 4 is 23.4 Å². The van der Waals surface area contributed by atoms with Crippen LogP contribution in [0.3, 0.4) is 0 Å². The number of amides is 1. The van der Waals surface area contributed by atoms with Crippen molar-refractivity contribution in [2.75, 3.05) is 12.4 Å². The van der Waals surface area contributed by atoms with E-state index in [1.54, 1.807) is 7.11 Å². The number of methoxy groups -OCH3 is 1. The molecule has 0 fully saturated rings. The molecule has 4 nitrogen and oxygen atoms in total. The van der Waals surface area contributed by atoms with E-state index in [0.29, 0.717) is 0 Å². The Balaban J connectivity index is 2.04. The number of hydrogen-bond acceptors (Lipinski definition) is 4. The average molecular weight is 329 g/mol. The number of anilines is 1. The number of nitrogens with one attached hydrogen (secondary N) is 1. The van der Waals surface area contributed by atoms with Crippen LogP contribution < -0.4 is 10.1 Å². The number of aryl methyl sites for hydroxylation is 2. The minimum atomic E-state index is -1.11. The van der Waals surface area contributed by atoms with Crippen LogP contribution in [0, 0.1) is 13.8 Å². The predicted molar refractivity (Wildman–Crippen MR) is 92.1 cm³/mol. The van der Waals surface area contributed by atoms with Crippen LogP contribution in [-0.4, -0.2) is 24.2 Å². The van der Waals surface area contributed by atoms with E-state index in [1.165, 1.54) is 11.8 Å². The molecular formula is C18H19NO3S. The second-order valence-corrected chi connectivity index (χ2v) is 6.86. The molecule has 2 N–H and O–H groups in total. The van der Waals surface area contributed by atoms with E-state index in [2.05, 4.69) is 11.4 Å². The number of carbonyl (C=O) groups excluding carboxylic acids is 1. The summed E-state index contributed by atoms with van der Waals surface area (Å²) >= 11 is 1.52. The van der Waals surface area contributed by atoms with Gasteiger partial charge in [-0.1, -0.05) is 18.2 Å². The third-order valence-electron chi connectivity index (χ3n) is 3.92. The first-order chi connectivity index (χ1) is 11.0. The maximum absolute atomic E-state index is 12.3. The number of thioether (sulfide) groups is 1. The number of aliphatic hydroxyl groups excluding tert-OH is 1. The van der Waals surface area contributed by atoms with Crippen LogP contribution in [0.5, 0.6) is 5.75 Å². The number of rotatable bonds is 2. The summed E-state index contributed by atoms with van der Waals surface area (Å²) in [5.74, 6) is 0.376. The van der Waals surface area contributed by atoms with Crippen molar-refractivity contribution in [3.8, 4) is 5.75 Å². The van der Waals surface area contributed by atoms with Gasteiger partial charge in [-0.2, -0.15) is 0 Å². The second kappa shape index (κ2) is 6.26. The molecule has 1 amide bonds. The quantitative estimate of drug-likeness (QED) is 0.886. The molecule has 0 saturated carbocycles. The summed E-state index contributed by atoms with van der Waals surface area (Å²) in [5, 5.41) is 12.9. The SMILES string of the molecule is COc1ccc([C@H]2Sc3c(C)cc(C)cc3NC(=O)[C@@H]2O)cc1. The van der Waals surface area contributed by atoms with E-state index in [1.807, 2.05) is 44.2 Å². The maximum Gasteiger partial charge on any atom is 0.254 e. The topological polar surface area (TPSA) is 58.6 Å². The molecule has 0 saturated heterocycles. The Morgan fingerprint density at radius 1 is 1.17 bits per heavy atom. The normalized spacial score (nSPS) is 20.4. The lowest BCUT2D eigenvalue weighted by Gasteiger charge is -2.19. The van der Waals surface area contributed by atoms with Crippen LogP contribution in [0.2, 0.25) is 0 Å². The molecule has 1 heterocycles. The van der Waals surface area contributed by atoms with Gasteiger partial charge in [-0.3, -0.25) is 4.79 Å². The lowest BCUT2D eigenvalue weighted by Crippen LogP contribution is -2.30. The Bertz CT molecular complexity index is 743. The molecular weight excluding hydrogens is 310 g/mol. The largest absolute Gasteiger partial charge is 0.497 e. The van der Waals surface area contributed by atoms with Crippen LogP contribution in [0.1, 0.15) is 21.9 Å². The zero-order chi connectivity index (χ0) is 16.6. The highest BCUT2D eigenvalue weighted by Gasteiger charge is 2.33. The van der Waals surface area contributed by atoms with Gasteiger partial charge < -0.3 is 15.2 Å². The van der Waals surface area contributed by atoms with Gasteiger partial charge in [-0.05, 0) is 48.7 Å². The Kier molecular flexibility index (Phi) is 4.33. The van der Waals surface area contributed by atoms with E-state index in [9.17, 15) is 9.90 Å². The highest BCUT2D eigenvalue weighted by molar-refractivity contribution is 7.99. The van der Waals surface area contributed by atoms with E-state index in [-0.39, 0.29) is 11.2 Å². The Morgan fingerprint density at radius 2 is 1.87 bits per heavy atom. The molecule has 0 spiro atoms. The summed E-state index contributed by atoms with van der Waals surface area (Å²) in [4.78, 5) is 13.3. The molecule has 5 heteroatoms. The Morgan fingerprint density at radius 3 is 2.52 bits per heavy atom. The summed E-state index contributed by atoms with van der Waals surface area (Å²) in [5.41, 5.74) is 3.84. The van der Waals surface area contributed by atoms with E-state index in [4.69, 9.17) is 4.74 Å². The van der Waals surface area contributed by atoms with Gasteiger partial charge in [-0.15, -0.1) is 11.8 Å². The summed E-state index contributed by atoms with van der Waals surface area (Å²) in [7, 11) is 1.61. The fraction of sp³-hybridized carbons (Fsp3) is 0.278. The molecule has 2 aromatic carbocycles. The van der Waals surface area contributed by atoms with Gasteiger partial charge >= 0.3 is 0 Å². The summed E-state index contributed by atoms with van der Waals surface area (Å²) < 4.78 is 5.17. The van der Waals surface area contributed by atoms with Gasteiger partial charge in [0.15, 0.2) is 0 Å². The van der Waals surface area contributed by atoms with Crippen LogP contribution in [-0.2, 0) is 4.79 Å². The standard InChI is InChI=1S/C18H19NO3S/c1-10-8-11(2)16-14(9-10)19-18(21)15(20)17(23-16)12-4-6-13(22-3)7-5-12/h4-9,15,17,20H,1-3H3,(H,19,21)/t15-,17-/m1/s1. The Labute approximate surface area is 139 Å². The van der Waals surface area contributed by atoms with Crippen molar-refractivity contribution in [2.45, 2.75) is 30.1 Å². The number of aliphatic hydroxyl groups is 1. The van der Waals surface area contributed by atoms with Crippen molar-refractivity contribution in [1.82, 2.24) is 0 Å². The minimum absolute atomic E-state index is 0.358. The molecule has 0 bridgehead atoms. The monoisotopic (exact) mass is 329 g/mol. The smallest absolute Gasteiger partial charge is 0.254 e. The third kappa shape index (κ3) is 3.07. The maximum atomic E-state index is 12.3. The molecule has 0 aliphatic carbocycles. The highest BCUT2D eigenvalue weighted by atomic mass is 32.2. The molecule has 0 radical (unpaired) electrons. The van der Waals surface area contributed by atoms with E-state index >= 15 is 0 Å². The fourth-order valence-corrected chi connectivity index (χ4v) is 4.06. The molecule has 1 aliphatic rings. The highest BCUT2D eigenvalue weighted by Crippen LogP contribution is 2.45. The zero-order valence-electron chi connectivity index (χ0n) is 13.3. The molecule has 2 aromatic rings. The molecule has 1 aliphatic heterocycles. The van der Waals surface area contributed by atoms with Gasteiger partial charge in [0.2, 0.25) is 0 Å². The third-order valence-corrected chi connectivity index (χ3v) is 5.48. The predicted octanol–water partition coefficient (Wildman–Crippen LogP) is 3.46. The van der Waals surface area contributed by atoms with Gasteiger partial charge in [0.1, 0.15) is 11.9 Å². The van der Waals surface area contributed by atoms with Crippen molar-refractivity contribution < 1.29 is 14.6 Å². The van der Waals surface area contributed by atoms with Crippen LogP contribution in [0.15, 0.2) is 41.3 Å². The van der Waals surface area contributed by atoms with E-state index < -0.39 is 6.10 Å². The van der Waals surface area contributed by atoms with Gasteiger partial charge in [0, 0.05) is 4.90 Å². The fourth-order valence-electron chi connectivity index (χ4n) is 2.78. The van der Waals surface area contributed by atoms with E-state index in [0.717, 1.165) is 33.0 Å². The first-order valence-corrected chi connectivity index (χ1v) is 8.28. The number of hydrogen-bond donors (Lipinski definition) is 2. The number of ether oxygens (including phenoxy) is 1. The van der Waals surface area contributed by atoms with Gasteiger partial charge in [0.05, 0.1) is 18.0 Å². The number of benzene rings is 2. The summed E-state index contributed by atoms with van der Waals surface area (Å²) in [6.07, 6.45) is -1.11. The van der Waals surface area contributed by atoms with Crippen molar-refractivity contribution in [3.05, 3.63) is 53.1 Å². The lowest BCUT2D eigenvalue weighted by molar-refractivity contribution is -0.124. The van der Waals surface area contributed by atoms with Crippen LogP contribution in [0.25, 0.3) is 0 Å². The lowest BCUT2D eigenvalue weighted by atomic mass is 10.1. The summed E-state index contributed by atoms with van der Waals surface area (Å²) in [6, 6.07) is 11.5. The van der Waals surface area contributed by atoms with Crippen molar-refractivity contribution in [3.63, 3.8) is 0 Å². The molecule has 120 valence electrons. The molecule has 0 unspecified atom stereocenters. The zero-order valence-corrected chi connectivity index (χ0v) is 14.1. The average Bonchev–Trinajstić information content (AvgIpc) is 2.65. The second-order valence-electron chi connectivity index (χ2n) is 5.70. The van der Waals surface area contributed by atoms with Gasteiger partial charge in [-0.25, -0.2) is 0 Å². The minimum Gasteiger partial charge on any atom is -0.497 e. The molecule has 3 rings (SSSR count).